The molecule has 0 radical (unpaired) electrons. The smallest absolute Gasteiger partial charge is 0.251 e. The summed E-state index contributed by atoms with van der Waals surface area (Å²) in [7, 11) is 0. The van der Waals surface area contributed by atoms with Crippen molar-refractivity contribution in [3.05, 3.63) is 29.8 Å². The Morgan fingerprint density at radius 1 is 1.21 bits per heavy atom. The zero-order valence-electron chi connectivity index (χ0n) is 13.8. The normalized spacial score (nSPS) is 28.8. The Bertz CT molecular complexity index is 778. The van der Waals surface area contributed by atoms with Crippen molar-refractivity contribution >= 4 is 22.8 Å². The summed E-state index contributed by atoms with van der Waals surface area (Å²) in [5, 5.41) is 7.82. The van der Waals surface area contributed by atoms with Crippen LogP contribution in [-0.2, 0) is 0 Å². The number of amides is 1. The first-order valence-electron chi connectivity index (χ1n) is 9.12. The predicted molar refractivity (Wildman–Crippen MR) is 93.5 cm³/mol. The number of hydrogen-bond acceptors (Lipinski definition) is 4. The monoisotopic (exact) mass is 325 g/mol. The molecular weight excluding hydrogens is 302 g/mol. The molecule has 0 spiro atoms. The third kappa shape index (κ3) is 2.38. The van der Waals surface area contributed by atoms with E-state index in [9.17, 15) is 4.79 Å². The van der Waals surface area contributed by atoms with Crippen LogP contribution in [0.2, 0.25) is 0 Å². The van der Waals surface area contributed by atoms with Crippen LogP contribution in [0.5, 0.6) is 0 Å². The number of hydrogen-bond donors (Lipinski definition) is 2. The summed E-state index contributed by atoms with van der Waals surface area (Å²) in [5.74, 6) is 0.938. The van der Waals surface area contributed by atoms with Crippen molar-refractivity contribution in [1.29, 1.82) is 0 Å². The van der Waals surface area contributed by atoms with Crippen LogP contribution < -0.4 is 15.5 Å². The molecule has 1 aromatic heterocycles. The summed E-state index contributed by atoms with van der Waals surface area (Å²) >= 11 is 0. The quantitative estimate of drug-likeness (QED) is 0.911. The van der Waals surface area contributed by atoms with E-state index in [0.29, 0.717) is 17.6 Å². The molecule has 0 unspecified atom stereocenters. The van der Waals surface area contributed by atoms with Crippen LogP contribution in [0.1, 0.15) is 42.5 Å². The van der Waals surface area contributed by atoms with Crippen LogP contribution >= 0.6 is 0 Å². The first-order chi connectivity index (χ1) is 11.8. The van der Waals surface area contributed by atoms with Crippen LogP contribution in [0, 0.1) is 0 Å². The molecule has 3 aliphatic heterocycles. The van der Waals surface area contributed by atoms with Crippen LogP contribution in [0.15, 0.2) is 28.7 Å². The Labute approximate surface area is 141 Å². The highest BCUT2D eigenvalue weighted by Crippen LogP contribution is 2.30. The van der Waals surface area contributed by atoms with Gasteiger partial charge in [0.05, 0.1) is 0 Å². The molecule has 2 aromatic rings. The van der Waals surface area contributed by atoms with E-state index in [1.165, 1.54) is 25.7 Å². The fraction of sp³-hybridized carbons (Fsp3) is 0.526. The highest BCUT2D eigenvalue weighted by atomic mass is 16.4. The number of furan rings is 1. The summed E-state index contributed by atoms with van der Waals surface area (Å²) in [6.45, 7) is 2.12. The minimum atomic E-state index is 0.00960. The number of carbonyl (C=O) groups excluding carboxylic acids is 1. The second-order valence-electron chi connectivity index (χ2n) is 7.39. The summed E-state index contributed by atoms with van der Waals surface area (Å²) < 4.78 is 6.00. The largest absolute Gasteiger partial charge is 0.441 e. The highest BCUT2D eigenvalue weighted by molar-refractivity contribution is 5.98. The van der Waals surface area contributed by atoms with Crippen molar-refractivity contribution in [2.45, 2.75) is 50.2 Å². The van der Waals surface area contributed by atoms with E-state index in [1.807, 2.05) is 18.2 Å². The van der Waals surface area contributed by atoms with Crippen molar-refractivity contribution in [3.63, 3.8) is 0 Å². The molecular formula is C19H23N3O2. The van der Waals surface area contributed by atoms with Gasteiger partial charge in [0.25, 0.3) is 5.91 Å². The predicted octanol–water partition coefficient (Wildman–Crippen LogP) is 2.66. The van der Waals surface area contributed by atoms with Gasteiger partial charge in [-0.1, -0.05) is 6.07 Å². The van der Waals surface area contributed by atoms with Gasteiger partial charge in [-0.25, -0.2) is 0 Å². The van der Waals surface area contributed by atoms with E-state index in [0.717, 1.165) is 36.4 Å². The molecule has 0 saturated carbocycles. The maximum absolute atomic E-state index is 12.6. The average molecular weight is 325 g/mol. The fourth-order valence-corrected chi connectivity index (χ4v) is 4.49. The summed E-state index contributed by atoms with van der Waals surface area (Å²) in [6.07, 6.45) is 5.92. The molecule has 3 fully saturated rings. The molecule has 2 N–H and O–H groups in total. The SMILES string of the molecule is O=C(N[C@@H]1C[C@H]2CC[C@@H]1N2)c1ccc2cc(N3CCCC3)oc2c1. The Morgan fingerprint density at radius 3 is 2.83 bits per heavy atom. The number of fused-ring (bicyclic) bond motifs is 3. The summed E-state index contributed by atoms with van der Waals surface area (Å²) in [5.41, 5.74) is 1.49. The standard InChI is InChI=1S/C19H23N3O2/c23-19(21-16-11-14-5-6-15(16)20-14)13-4-3-12-10-18(24-17(12)9-13)22-7-1-2-8-22/h3-4,9-10,14-16,20H,1-2,5-8,11H2,(H,21,23)/t14-,15+,16-/m1/s1. The highest BCUT2D eigenvalue weighted by Gasteiger charge is 2.39. The van der Waals surface area contributed by atoms with Crippen molar-refractivity contribution < 1.29 is 9.21 Å². The van der Waals surface area contributed by atoms with Crippen LogP contribution in [0.4, 0.5) is 5.88 Å². The molecule has 5 nitrogen and oxygen atoms in total. The van der Waals surface area contributed by atoms with Gasteiger partial charge < -0.3 is 20.0 Å². The number of carbonyl (C=O) groups is 1. The molecule has 0 aliphatic carbocycles. The van der Waals surface area contributed by atoms with Crippen LogP contribution in [-0.4, -0.2) is 37.1 Å². The minimum Gasteiger partial charge on any atom is -0.441 e. The van der Waals surface area contributed by atoms with Gasteiger partial charge in [0, 0.05) is 48.2 Å². The zero-order valence-corrected chi connectivity index (χ0v) is 13.8. The lowest BCUT2D eigenvalue weighted by atomic mass is 9.95. The summed E-state index contributed by atoms with van der Waals surface area (Å²) in [4.78, 5) is 14.9. The molecule has 126 valence electrons. The van der Waals surface area contributed by atoms with E-state index in [2.05, 4.69) is 21.6 Å². The Hall–Kier alpha value is -2.01. The van der Waals surface area contributed by atoms with Gasteiger partial charge in [0.1, 0.15) is 5.58 Å². The maximum atomic E-state index is 12.6. The Kier molecular flexibility index (Phi) is 3.30. The average Bonchev–Trinajstić information content (AvgIpc) is 3.35. The second kappa shape index (κ2) is 5.52. The van der Waals surface area contributed by atoms with Gasteiger partial charge >= 0.3 is 0 Å². The van der Waals surface area contributed by atoms with E-state index in [1.54, 1.807) is 0 Å². The third-order valence-corrected chi connectivity index (χ3v) is 5.80. The van der Waals surface area contributed by atoms with E-state index < -0.39 is 0 Å². The molecule has 1 aromatic carbocycles. The number of anilines is 1. The number of nitrogens with one attached hydrogen (secondary N) is 2. The molecule has 4 heterocycles. The Morgan fingerprint density at radius 2 is 2.08 bits per heavy atom. The second-order valence-corrected chi connectivity index (χ2v) is 7.39. The van der Waals surface area contributed by atoms with Crippen molar-refractivity contribution in [3.8, 4) is 0 Å². The lowest BCUT2D eigenvalue weighted by molar-refractivity contribution is 0.0931. The van der Waals surface area contributed by atoms with Gasteiger partial charge in [0.15, 0.2) is 5.88 Å². The Balaban J connectivity index is 1.35. The van der Waals surface area contributed by atoms with Crippen molar-refractivity contribution in [2.75, 3.05) is 18.0 Å². The molecule has 5 rings (SSSR count). The molecule has 3 atom stereocenters. The van der Waals surface area contributed by atoms with Gasteiger partial charge in [-0.15, -0.1) is 0 Å². The number of rotatable bonds is 3. The van der Waals surface area contributed by atoms with Gasteiger partial charge in [-0.05, 0) is 44.2 Å². The van der Waals surface area contributed by atoms with Crippen molar-refractivity contribution in [2.24, 2.45) is 0 Å². The van der Waals surface area contributed by atoms with Gasteiger partial charge in [0.2, 0.25) is 0 Å². The van der Waals surface area contributed by atoms with Crippen LogP contribution in [0.3, 0.4) is 0 Å². The molecule has 2 bridgehead atoms. The molecule has 24 heavy (non-hydrogen) atoms. The number of benzene rings is 1. The molecule has 3 aliphatic rings. The fourth-order valence-electron chi connectivity index (χ4n) is 4.49. The third-order valence-electron chi connectivity index (χ3n) is 5.80. The van der Waals surface area contributed by atoms with E-state index in [4.69, 9.17) is 4.42 Å². The molecule has 5 heteroatoms. The van der Waals surface area contributed by atoms with Crippen LogP contribution in [0.25, 0.3) is 11.0 Å². The van der Waals surface area contributed by atoms with Gasteiger partial charge in [-0.2, -0.15) is 0 Å². The topological polar surface area (TPSA) is 57.5 Å². The maximum Gasteiger partial charge on any atom is 0.251 e. The van der Waals surface area contributed by atoms with Gasteiger partial charge in [-0.3, -0.25) is 4.79 Å². The number of nitrogens with zero attached hydrogens (tertiary/aromatic N) is 1. The zero-order chi connectivity index (χ0) is 16.1. The summed E-state index contributed by atoms with van der Waals surface area (Å²) in [6, 6.07) is 9.17. The lowest BCUT2D eigenvalue weighted by Gasteiger charge is -2.21. The lowest BCUT2D eigenvalue weighted by Crippen LogP contribution is -2.42. The molecule has 1 amide bonds. The first kappa shape index (κ1) is 14.3. The van der Waals surface area contributed by atoms with E-state index in [-0.39, 0.29) is 11.9 Å². The minimum absolute atomic E-state index is 0.00960. The molecule has 3 saturated heterocycles. The van der Waals surface area contributed by atoms with E-state index >= 15 is 0 Å². The van der Waals surface area contributed by atoms with Crippen molar-refractivity contribution in [1.82, 2.24) is 10.6 Å². The first-order valence-corrected chi connectivity index (χ1v) is 9.12.